The monoisotopic (exact) mass is 512 g/mol. The summed E-state index contributed by atoms with van der Waals surface area (Å²) < 4.78 is 53.3. The summed E-state index contributed by atoms with van der Waals surface area (Å²) in [6.45, 7) is 8.33. The fourth-order valence-corrected chi connectivity index (χ4v) is 3.61. The van der Waals surface area contributed by atoms with Crippen LogP contribution in [0.2, 0.25) is 0 Å². The van der Waals surface area contributed by atoms with Gasteiger partial charge in [0.15, 0.2) is 11.5 Å². The Hall–Kier alpha value is -2.89. The maximum Gasteiger partial charge on any atom is 0.229 e. The lowest BCUT2D eigenvalue weighted by Crippen LogP contribution is -2.33. The first kappa shape index (κ1) is 28.3. The summed E-state index contributed by atoms with van der Waals surface area (Å²) in [5.74, 6) is 2.71. The van der Waals surface area contributed by atoms with Crippen LogP contribution in [0.1, 0.15) is 20.8 Å². The largest absolute Gasteiger partial charge is 0.492 e. The predicted octanol–water partition coefficient (Wildman–Crippen LogP) is 2.66. The minimum atomic E-state index is -3.31. The summed E-state index contributed by atoms with van der Waals surface area (Å²) in [6, 6.07) is 10.1. The Balaban J connectivity index is 1.77. The van der Waals surface area contributed by atoms with Crippen molar-refractivity contribution in [3.63, 3.8) is 0 Å². The van der Waals surface area contributed by atoms with E-state index in [1.807, 2.05) is 20.8 Å². The number of aliphatic hydroxyl groups excluding tert-OH is 1. The third kappa shape index (κ3) is 10.5. The number of nitrogens with one attached hydrogen (secondary N) is 2. The van der Waals surface area contributed by atoms with E-state index in [-0.39, 0.29) is 6.61 Å². The van der Waals surface area contributed by atoms with Gasteiger partial charge in [-0.15, -0.1) is 0 Å². The van der Waals surface area contributed by atoms with Gasteiger partial charge in [-0.1, -0.05) is 0 Å². The van der Waals surface area contributed by atoms with Gasteiger partial charge >= 0.3 is 0 Å². The number of sulfonamides is 1. The molecule has 2 rings (SSSR count). The Labute approximate surface area is 207 Å². The molecule has 0 amide bonds. The Kier molecular flexibility index (Phi) is 11.7. The average molecular weight is 513 g/mol. The van der Waals surface area contributed by atoms with Crippen molar-refractivity contribution in [1.29, 1.82) is 0 Å². The zero-order valence-electron chi connectivity index (χ0n) is 20.7. The highest BCUT2D eigenvalue weighted by atomic mass is 32.2. The van der Waals surface area contributed by atoms with Crippen LogP contribution in [0.3, 0.4) is 0 Å². The van der Waals surface area contributed by atoms with Crippen LogP contribution in [0.5, 0.6) is 28.7 Å². The van der Waals surface area contributed by atoms with Gasteiger partial charge in [0.05, 0.1) is 26.1 Å². The maximum atomic E-state index is 11.2. The molecule has 1 atom stereocenters. The second-order valence-electron chi connectivity index (χ2n) is 7.46. The first-order chi connectivity index (χ1) is 16.8. The van der Waals surface area contributed by atoms with Gasteiger partial charge < -0.3 is 34.1 Å². The van der Waals surface area contributed by atoms with Crippen molar-refractivity contribution in [2.24, 2.45) is 0 Å². The lowest BCUT2D eigenvalue weighted by Gasteiger charge is -2.18. The van der Waals surface area contributed by atoms with Crippen LogP contribution in [0, 0.1) is 0 Å². The number of rotatable bonds is 17. The Morgan fingerprint density at radius 2 is 1.46 bits per heavy atom. The number of ether oxygens (including phenoxy) is 5. The van der Waals surface area contributed by atoms with Crippen LogP contribution in [0.25, 0.3) is 0 Å². The molecule has 11 heteroatoms. The molecule has 0 aliphatic heterocycles. The number of aliphatic hydroxyl groups is 1. The molecule has 0 aliphatic carbocycles. The molecule has 0 aromatic heterocycles. The Morgan fingerprint density at radius 1 is 0.857 bits per heavy atom. The van der Waals surface area contributed by atoms with Gasteiger partial charge in [-0.05, 0) is 45.0 Å². The highest BCUT2D eigenvalue weighted by molar-refractivity contribution is 7.92. The van der Waals surface area contributed by atoms with E-state index >= 15 is 0 Å². The van der Waals surface area contributed by atoms with Crippen molar-refractivity contribution in [3.05, 3.63) is 36.4 Å². The fraction of sp³-hybridized carbons (Fsp3) is 0.500. The molecule has 1 unspecified atom stereocenters. The molecule has 10 nitrogen and oxygen atoms in total. The van der Waals surface area contributed by atoms with Crippen LogP contribution in [0.15, 0.2) is 36.4 Å². The molecule has 0 aliphatic rings. The number of benzene rings is 2. The molecule has 0 bridgehead atoms. The summed E-state index contributed by atoms with van der Waals surface area (Å²) in [6.07, 6.45) is 0.352. The van der Waals surface area contributed by atoms with E-state index in [4.69, 9.17) is 23.7 Å². The SMILES string of the molecule is CCOc1cc(OCC(O)CNCCOc2ccc(NS(C)(=O)=O)cc2)cc(OCC)c1OCC. The van der Waals surface area contributed by atoms with Gasteiger partial charge in [0.25, 0.3) is 0 Å². The zero-order valence-corrected chi connectivity index (χ0v) is 21.5. The highest BCUT2D eigenvalue weighted by Crippen LogP contribution is 2.41. The van der Waals surface area contributed by atoms with Crippen molar-refractivity contribution in [2.45, 2.75) is 26.9 Å². The lowest BCUT2D eigenvalue weighted by molar-refractivity contribution is 0.105. The zero-order chi connectivity index (χ0) is 25.7. The molecule has 35 heavy (non-hydrogen) atoms. The quantitative estimate of drug-likeness (QED) is 0.274. The average Bonchev–Trinajstić information content (AvgIpc) is 2.80. The van der Waals surface area contributed by atoms with Gasteiger partial charge in [0, 0.05) is 30.9 Å². The van der Waals surface area contributed by atoms with Crippen molar-refractivity contribution >= 4 is 15.7 Å². The van der Waals surface area contributed by atoms with Crippen LogP contribution >= 0.6 is 0 Å². The molecule has 0 spiro atoms. The molecule has 0 heterocycles. The molecular weight excluding hydrogens is 476 g/mol. The normalized spacial score (nSPS) is 12.0. The topological polar surface area (TPSA) is 125 Å². The molecule has 2 aromatic carbocycles. The molecular formula is C24H36N2O8S. The first-order valence-electron chi connectivity index (χ1n) is 11.5. The van der Waals surface area contributed by atoms with Gasteiger partial charge in [0.1, 0.15) is 30.8 Å². The van der Waals surface area contributed by atoms with Crippen molar-refractivity contribution in [1.82, 2.24) is 5.32 Å². The number of hydrogen-bond acceptors (Lipinski definition) is 9. The van der Waals surface area contributed by atoms with E-state index < -0.39 is 16.1 Å². The van der Waals surface area contributed by atoms with Gasteiger partial charge in [-0.25, -0.2) is 8.42 Å². The number of anilines is 1. The summed E-state index contributed by atoms with van der Waals surface area (Å²) >= 11 is 0. The van der Waals surface area contributed by atoms with Crippen molar-refractivity contribution in [3.8, 4) is 28.7 Å². The van der Waals surface area contributed by atoms with E-state index in [0.717, 1.165) is 6.26 Å². The van der Waals surface area contributed by atoms with Crippen molar-refractivity contribution < 1.29 is 37.2 Å². The summed E-state index contributed by atoms with van der Waals surface area (Å²) in [5, 5.41) is 13.4. The van der Waals surface area contributed by atoms with E-state index in [9.17, 15) is 13.5 Å². The lowest BCUT2D eigenvalue weighted by atomic mass is 10.2. The summed E-state index contributed by atoms with van der Waals surface area (Å²) in [4.78, 5) is 0. The van der Waals surface area contributed by atoms with E-state index in [1.54, 1.807) is 36.4 Å². The molecule has 0 saturated heterocycles. The Morgan fingerprint density at radius 3 is 2.00 bits per heavy atom. The summed E-state index contributed by atoms with van der Waals surface area (Å²) in [7, 11) is -3.31. The number of hydrogen-bond donors (Lipinski definition) is 3. The third-order valence-corrected chi connectivity index (χ3v) is 5.02. The van der Waals surface area contributed by atoms with Gasteiger partial charge in [-0.3, -0.25) is 4.72 Å². The fourth-order valence-electron chi connectivity index (χ4n) is 3.04. The van der Waals surface area contributed by atoms with Crippen LogP contribution < -0.4 is 33.7 Å². The van der Waals surface area contributed by atoms with Gasteiger partial charge in [-0.2, -0.15) is 0 Å². The molecule has 0 radical (unpaired) electrons. The minimum Gasteiger partial charge on any atom is -0.492 e. The molecule has 3 N–H and O–H groups in total. The van der Waals surface area contributed by atoms with Crippen LogP contribution in [-0.4, -0.2) is 72.0 Å². The van der Waals surface area contributed by atoms with Gasteiger partial charge in [0.2, 0.25) is 15.8 Å². The predicted molar refractivity (Wildman–Crippen MR) is 135 cm³/mol. The molecule has 0 fully saturated rings. The van der Waals surface area contributed by atoms with Crippen LogP contribution in [-0.2, 0) is 10.0 Å². The summed E-state index contributed by atoms with van der Waals surface area (Å²) in [5.41, 5.74) is 0.468. The minimum absolute atomic E-state index is 0.0772. The molecule has 2 aromatic rings. The second-order valence-corrected chi connectivity index (χ2v) is 9.21. The standard InChI is InChI=1S/C24H36N2O8S/c1-5-30-22-14-21(15-23(31-6-2)24(22)32-7-3)34-17-19(27)16-25-12-13-33-20-10-8-18(9-11-20)26-35(4,28)29/h8-11,14-15,19,25-27H,5-7,12-13,16-17H2,1-4H3. The van der Waals surface area contributed by atoms with E-state index in [1.165, 1.54) is 0 Å². The second kappa shape index (κ2) is 14.5. The first-order valence-corrected chi connectivity index (χ1v) is 13.4. The van der Waals surface area contributed by atoms with Crippen LogP contribution in [0.4, 0.5) is 5.69 Å². The smallest absolute Gasteiger partial charge is 0.229 e. The van der Waals surface area contributed by atoms with E-state index in [0.29, 0.717) is 74.0 Å². The highest BCUT2D eigenvalue weighted by Gasteiger charge is 2.16. The Bertz CT molecular complexity index is 972. The van der Waals surface area contributed by atoms with Crippen molar-refractivity contribution in [2.75, 3.05) is 57.1 Å². The van der Waals surface area contributed by atoms with E-state index in [2.05, 4.69) is 10.0 Å². The maximum absolute atomic E-state index is 11.2. The molecule has 196 valence electrons. The third-order valence-electron chi connectivity index (χ3n) is 4.41. The molecule has 0 saturated carbocycles.